The Morgan fingerprint density at radius 1 is 1.33 bits per heavy atom. The van der Waals surface area contributed by atoms with E-state index in [0.717, 1.165) is 5.56 Å². The second-order valence-corrected chi connectivity index (χ2v) is 6.13. The van der Waals surface area contributed by atoms with Crippen molar-refractivity contribution in [3.8, 4) is 11.5 Å². The quantitative estimate of drug-likeness (QED) is 0.831. The van der Waals surface area contributed by atoms with E-state index in [1.54, 1.807) is 12.1 Å². The Morgan fingerprint density at radius 2 is 2.14 bits per heavy atom. The first-order valence-electron chi connectivity index (χ1n) is 7.02. The average molecular weight is 317 g/mol. The smallest absolute Gasteiger partial charge is 0.387 e. The summed E-state index contributed by atoms with van der Waals surface area (Å²) in [6.07, 6.45) is 5.78. The number of methoxy groups -OCH3 is 1. The number of alkyl halides is 2. The predicted octanol–water partition coefficient (Wildman–Crippen LogP) is 3.67. The zero-order valence-electron chi connectivity index (χ0n) is 12.3. The minimum Gasteiger partial charge on any atom is -0.493 e. The summed E-state index contributed by atoms with van der Waals surface area (Å²) in [7, 11) is 1.44. The lowest BCUT2D eigenvalue weighted by Crippen LogP contribution is -2.33. The van der Waals surface area contributed by atoms with Gasteiger partial charge in [-0.3, -0.25) is 0 Å². The summed E-state index contributed by atoms with van der Waals surface area (Å²) >= 11 is 1.89. The molecule has 2 unspecified atom stereocenters. The van der Waals surface area contributed by atoms with Crippen molar-refractivity contribution in [2.45, 2.75) is 43.7 Å². The zero-order chi connectivity index (χ0) is 15.2. The van der Waals surface area contributed by atoms with Crippen LogP contribution in [-0.4, -0.2) is 31.3 Å². The first-order valence-corrected chi connectivity index (χ1v) is 8.30. The standard InChI is InChI=1S/C15H21F2NO2S/c1-19-12-7-6-10(8-13(12)20-15(16)17)9-18-11-4-3-5-14(11)21-2/h6-8,11,14-15,18H,3-5,9H2,1-2H3. The highest BCUT2D eigenvalue weighted by molar-refractivity contribution is 7.99. The molecule has 1 aromatic rings. The van der Waals surface area contributed by atoms with Gasteiger partial charge in [-0.25, -0.2) is 0 Å². The Labute approximate surface area is 128 Å². The van der Waals surface area contributed by atoms with Crippen LogP contribution in [0.5, 0.6) is 11.5 Å². The molecule has 0 bridgehead atoms. The van der Waals surface area contributed by atoms with E-state index >= 15 is 0 Å². The molecule has 0 aromatic heterocycles. The topological polar surface area (TPSA) is 30.5 Å². The van der Waals surface area contributed by atoms with Crippen LogP contribution < -0.4 is 14.8 Å². The number of nitrogens with one attached hydrogen (secondary N) is 1. The van der Waals surface area contributed by atoms with Crippen molar-refractivity contribution in [3.63, 3.8) is 0 Å². The molecular weight excluding hydrogens is 296 g/mol. The number of hydrogen-bond donors (Lipinski definition) is 1. The first kappa shape index (κ1) is 16.4. The normalized spacial score (nSPS) is 21.8. The van der Waals surface area contributed by atoms with Crippen LogP contribution in [0.1, 0.15) is 24.8 Å². The highest BCUT2D eigenvalue weighted by Gasteiger charge is 2.25. The minimum atomic E-state index is -2.85. The Kier molecular flexibility index (Phi) is 6.11. The first-order chi connectivity index (χ1) is 10.1. The molecule has 21 heavy (non-hydrogen) atoms. The fourth-order valence-corrected chi connectivity index (χ4v) is 3.67. The maximum absolute atomic E-state index is 12.4. The van der Waals surface area contributed by atoms with Crippen LogP contribution in [0.2, 0.25) is 0 Å². The Balaban J connectivity index is 1.99. The van der Waals surface area contributed by atoms with Crippen molar-refractivity contribution in [1.82, 2.24) is 5.32 Å². The largest absolute Gasteiger partial charge is 0.493 e. The van der Waals surface area contributed by atoms with Crippen LogP contribution in [0.15, 0.2) is 18.2 Å². The highest BCUT2D eigenvalue weighted by atomic mass is 32.2. The molecule has 0 spiro atoms. The van der Waals surface area contributed by atoms with Gasteiger partial charge in [-0.15, -0.1) is 0 Å². The van der Waals surface area contributed by atoms with E-state index in [0.29, 0.717) is 23.6 Å². The van der Waals surface area contributed by atoms with Crippen molar-refractivity contribution >= 4 is 11.8 Å². The average Bonchev–Trinajstić information content (AvgIpc) is 2.92. The monoisotopic (exact) mass is 317 g/mol. The van der Waals surface area contributed by atoms with Gasteiger partial charge < -0.3 is 14.8 Å². The molecule has 0 aliphatic heterocycles. The third-order valence-corrected chi connectivity index (χ3v) is 4.94. The van der Waals surface area contributed by atoms with Crippen molar-refractivity contribution in [1.29, 1.82) is 0 Å². The summed E-state index contributed by atoms with van der Waals surface area (Å²) in [6.45, 7) is -2.21. The molecule has 1 N–H and O–H groups in total. The highest BCUT2D eigenvalue weighted by Crippen LogP contribution is 2.31. The van der Waals surface area contributed by atoms with Gasteiger partial charge in [0, 0.05) is 17.8 Å². The molecule has 1 aliphatic carbocycles. The molecule has 1 aromatic carbocycles. The lowest BCUT2D eigenvalue weighted by atomic mass is 10.1. The SMILES string of the molecule is COc1ccc(CNC2CCCC2SC)cc1OC(F)F. The Bertz CT molecular complexity index is 459. The van der Waals surface area contributed by atoms with Crippen LogP contribution in [0.3, 0.4) is 0 Å². The molecular formula is C15H21F2NO2S. The van der Waals surface area contributed by atoms with E-state index < -0.39 is 6.61 Å². The molecule has 0 saturated heterocycles. The van der Waals surface area contributed by atoms with Crippen LogP contribution >= 0.6 is 11.8 Å². The fourth-order valence-electron chi connectivity index (χ4n) is 2.71. The summed E-state index contributed by atoms with van der Waals surface area (Å²) < 4.78 is 34.3. The number of benzene rings is 1. The van der Waals surface area contributed by atoms with Gasteiger partial charge >= 0.3 is 6.61 Å². The van der Waals surface area contributed by atoms with E-state index in [2.05, 4.69) is 16.3 Å². The van der Waals surface area contributed by atoms with Crippen LogP contribution in [0.25, 0.3) is 0 Å². The van der Waals surface area contributed by atoms with Gasteiger partial charge in [0.15, 0.2) is 11.5 Å². The second kappa shape index (κ2) is 7.84. The zero-order valence-corrected chi connectivity index (χ0v) is 13.1. The summed E-state index contributed by atoms with van der Waals surface area (Å²) in [5.74, 6) is 0.404. The maximum Gasteiger partial charge on any atom is 0.387 e. The third-order valence-electron chi connectivity index (χ3n) is 3.77. The number of halogens is 2. The summed E-state index contributed by atoms with van der Waals surface area (Å²) in [6, 6.07) is 5.63. The maximum atomic E-state index is 12.4. The van der Waals surface area contributed by atoms with Crippen molar-refractivity contribution in [2.75, 3.05) is 13.4 Å². The molecule has 2 rings (SSSR count). The van der Waals surface area contributed by atoms with Gasteiger partial charge in [0.2, 0.25) is 0 Å². The van der Waals surface area contributed by atoms with Crippen molar-refractivity contribution in [3.05, 3.63) is 23.8 Å². The van der Waals surface area contributed by atoms with Crippen LogP contribution in [-0.2, 0) is 6.54 Å². The summed E-state index contributed by atoms with van der Waals surface area (Å²) in [4.78, 5) is 0. The van der Waals surface area contributed by atoms with E-state index in [1.807, 2.05) is 17.8 Å². The molecule has 0 radical (unpaired) electrons. The molecule has 1 saturated carbocycles. The molecule has 3 nitrogen and oxygen atoms in total. The van der Waals surface area contributed by atoms with Gasteiger partial charge in [0.05, 0.1) is 7.11 Å². The molecule has 118 valence electrons. The Morgan fingerprint density at radius 3 is 2.81 bits per heavy atom. The number of ether oxygens (including phenoxy) is 2. The summed E-state index contributed by atoms with van der Waals surface area (Å²) in [5.41, 5.74) is 0.915. The number of thioether (sulfide) groups is 1. The fraction of sp³-hybridized carbons (Fsp3) is 0.600. The van der Waals surface area contributed by atoms with E-state index in [9.17, 15) is 8.78 Å². The van der Waals surface area contributed by atoms with Crippen molar-refractivity contribution < 1.29 is 18.3 Å². The third kappa shape index (κ3) is 4.48. The van der Waals surface area contributed by atoms with Gasteiger partial charge in [-0.2, -0.15) is 20.5 Å². The van der Waals surface area contributed by atoms with E-state index in [1.165, 1.54) is 26.4 Å². The lowest BCUT2D eigenvalue weighted by molar-refractivity contribution is -0.0512. The molecule has 0 amide bonds. The van der Waals surface area contributed by atoms with Gasteiger partial charge in [0.1, 0.15) is 0 Å². The van der Waals surface area contributed by atoms with Gasteiger partial charge in [0.25, 0.3) is 0 Å². The van der Waals surface area contributed by atoms with E-state index in [4.69, 9.17) is 4.74 Å². The van der Waals surface area contributed by atoms with Crippen LogP contribution in [0.4, 0.5) is 8.78 Å². The summed E-state index contributed by atoms with van der Waals surface area (Å²) in [5, 5.41) is 4.15. The molecule has 0 heterocycles. The number of rotatable bonds is 7. The van der Waals surface area contributed by atoms with Crippen molar-refractivity contribution in [2.24, 2.45) is 0 Å². The lowest BCUT2D eigenvalue weighted by Gasteiger charge is -2.19. The second-order valence-electron chi connectivity index (χ2n) is 5.06. The van der Waals surface area contributed by atoms with E-state index in [-0.39, 0.29) is 5.75 Å². The molecule has 2 atom stereocenters. The van der Waals surface area contributed by atoms with Gasteiger partial charge in [-0.1, -0.05) is 12.5 Å². The minimum absolute atomic E-state index is 0.0830. The predicted molar refractivity (Wildman–Crippen MR) is 81.4 cm³/mol. The molecule has 6 heteroatoms. The molecule has 1 fully saturated rings. The van der Waals surface area contributed by atoms with Gasteiger partial charge in [-0.05, 0) is 36.8 Å². The Hall–Kier alpha value is -1.01. The number of hydrogen-bond acceptors (Lipinski definition) is 4. The molecule has 1 aliphatic rings. The van der Waals surface area contributed by atoms with Crippen LogP contribution in [0, 0.1) is 0 Å².